The van der Waals surface area contributed by atoms with E-state index >= 15 is 0 Å². The summed E-state index contributed by atoms with van der Waals surface area (Å²) in [5.41, 5.74) is -0.622. The van der Waals surface area contributed by atoms with E-state index in [0.29, 0.717) is 6.61 Å². The molecule has 106 valence electrons. The molecule has 0 saturated carbocycles. The van der Waals surface area contributed by atoms with E-state index in [-0.39, 0.29) is 24.4 Å². The lowest BCUT2D eigenvalue weighted by molar-refractivity contribution is -0.159. The minimum atomic E-state index is -0.622. The summed E-state index contributed by atoms with van der Waals surface area (Å²) in [5, 5.41) is 3.26. The van der Waals surface area contributed by atoms with Crippen LogP contribution in [-0.4, -0.2) is 62.9 Å². The van der Waals surface area contributed by atoms with Crippen molar-refractivity contribution in [1.82, 2.24) is 10.2 Å². The van der Waals surface area contributed by atoms with E-state index in [1.165, 1.54) is 0 Å². The number of rotatable bonds is 3. The maximum atomic E-state index is 12.6. The number of methoxy groups -OCH3 is 1. The van der Waals surface area contributed by atoms with Crippen LogP contribution in [0.3, 0.4) is 0 Å². The molecular weight excluding hydrogens is 256 g/mol. The first-order valence-corrected chi connectivity index (χ1v) is 6.30. The third kappa shape index (κ3) is 2.96. The maximum Gasteiger partial charge on any atom is 0.254 e. The lowest BCUT2D eigenvalue weighted by Crippen LogP contribution is -2.56. The van der Waals surface area contributed by atoms with Gasteiger partial charge in [0.15, 0.2) is 0 Å². The highest BCUT2D eigenvalue weighted by atomic mass is 35.5. The number of hydrogen-bond acceptors (Lipinski definition) is 4. The molecule has 18 heavy (non-hydrogen) atoms. The minimum absolute atomic E-state index is 0. The number of piperidine rings is 1. The Hall–Kier alpha value is -0.360. The SMILES string of the molecule is COC1(C(=O)N(C)C2CCOC2)CCNCC1.Cl. The summed E-state index contributed by atoms with van der Waals surface area (Å²) in [7, 11) is 3.51. The third-order valence-corrected chi connectivity index (χ3v) is 3.97. The van der Waals surface area contributed by atoms with Crippen LogP contribution in [0.2, 0.25) is 0 Å². The predicted molar refractivity (Wildman–Crippen MR) is 71.1 cm³/mol. The molecular formula is C12H23ClN2O3. The zero-order chi connectivity index (χ0) is 12.3. The lowest BCUT2D eigenvalue weighted by Gasteiger charge is -2.39. The van der Waals surface area contributed by atoms with Crippen LogP contribution in [-0.2, 0) is 14.3 Å². The Bertz CT molecular complexity index is 276. The van der Waals surface area contributed by atoms with Gasteiger partial charge in [-0.15, -0.1) is 12.4 Å². The maximum absolute atomic E-state index is 12.6. The summed E-state index contributed by atoms with van der Waals surface area (Å²) in [6.07, 6.45) is 2.43. The van der Waals surface area contributed by atoms with Gasteiger partial charge < -0.3 is 19.7 Å². The molecule has 2 saturated heterocycles. The van der Waals surface area contributed by atoms with Crippen molar-refractivity contribution in [2.24, 2.45) is 0 Å². The van der Waals surface area contributed by atoms with Crippen LogP contribution in [0, 0.1) is 0 Å². The van der Waals surface area contributed by atoms with Gasteiger partial charge in [-0.05, 0) is 32.4 Å². The van der Waals surface area contributed by atoms with Gasteiger partial charge >= 0.3 is 0 Å². The molecule has 1 unspecified atom stereocenters. The van der Waals surface area contributed by atoms with Crippen LogP contribution in [0.1, 0.15) is 19.3 Å². The van der Waals surface area contributed by atoms with Crippen LogP contribution in [0.4, 0.5) is 0 Å². The molecule has 1 N–H and O–H groups in total. The number of nitrogens with one attached hydrogen (secondary N) is 1. The van der Waals surface area contributed by atoms with Crippen molar-refractivity contribution in [1.29, 1.82) is 0 Å². The van der Waals surface area contributed by atoms with Crippen molar-refractivity contribution in [2.45, 2.75) is 30.9 Å². The highest BCUT2D eigenvalue weighted by molar-refractivity contribution is 5.86. The van der Waals surface area contributed by atoms with Crippen LogP contribution >= 0.6 is 12.4 Å². The van der Waals surface area contributed by atoms with Crippen LogP contribution in [0.15, 0.2) is 0 Å². The quantitative estimate of drug-likeness (QED) is 0.813. The number of carbonyl (C=O) groups is 1. The topological polar surface area (TPSA) is 50.8 Å². The lowest BCUT2D eigenvalue weighted by atomic mass is 9.90. The van der Waals surface area contributed by atoms with Crippen LogP contribution < -0.4 is 5.32 Å². The van der Waals surface area contributed by atoms with E-state index in [1.54, 1.807) is 7.11 Å². The Morgan fingerprint density at radius 1 is 1.44 bits per heavy atom. The second-order valence-electron chi connectivity index (χ2n) is 4.88. The molecule has 2 aliphatic heterocycles. The van der Waals surface area contributed by atoms with Gasteiger partial charge in [0, 0.05) is 20.8 Å². The summed E-state index contributed by atoms with van der Waals surface area (Å²) >= 11 is 0. The first kappa shape index (κ1) is 15.7. The number of hydrogen-bond donors (Lipinski definition) is 1. The Balaban J connectivity index is 0.00000162. The van der Waals surface area contributed by atoms with Crippen molar-refractivity contribution < 1.29 is 14.3 Å². The number of ether oxygens (including phenoxy) is 2. The van der Waals surface area contributed by atoms with E-state index in [0.717, 1.165) is 39.0 Å². The average molecular weight is 279 g/mol. The van der Waals surface area contributed by atoms with Crippen molar-refractivity contribution >= 4 is 18.3 Å². The molecule has 0 spiro atoms. The van der Waals surface area contributed by atoms with Crippen LogP contribution in [0.25, 0.3) is 0 Å². The number of amides is 1. The molecule has 0 radical (unpaired) electrons. The molecule has 2 heterocycles. The van der Waals surface area contributed by atoms with E-state index in [4.69, 9.17) is 9.47 Å². The number of likely N-dealkylation sites (N-methyl/N-ethyl adjacent to an activating group) is 1. The summed E-state index contributed by atoms with van der Waals surface area (Å²) in [6, 6.07) is 0.212. The van der Waals surface area contributed by atoms with Gasteiger partial charge in [-0.3, -0.25) is 4.79 Å². The van der Waals surface area contributed by atoms with Gasteiger partial charge in [-0.2, -0.15) is 0 Å². The average Bonchev–Trinajstić information content (AvgIpc) is 2.91. The van der Waals surface area contributed by atoms with Crippen molar-refractivity contribution in [3.63, 3.8) is 0 Å². The number of nitrogens with zero attached hydrogens (tertiary/aromatic N) is 1. The Labute approximate surface area is 115 Å². The van der Waals surface area contributed by atoms with Crippen molar-refractivity contribution in [2.75, 3.05) is 40.5 Å². The van der Waals surface area contributed by atoms with Crippen molar-refractivity contribution in [3.8, 4) is 0 Å². The summed E-state index contributed by atoms with van der Waals surface area (Å²) < 4.78 is 10.9. The van der Waals surface area contributed by atoms with Gasteiger partial charge in [-0.1, -0.05) is 0 Å². The third-order valence-electron chi connectivity index (χ3n) is 3.97. The number of carbonyl (C=O) groups excluding carboxylic acids is 1. The molecule has 2 fully saturated rings. The highest BCUT2D eigenvalue weighted by Crippen LogP contribution is 2.26. The van der Waals surface area contributed by atoms with Gasteiger partial charge in [0.25, 0.3) is 5.91 Å². The first-order chi connectivity index (χ1) is 8.19. The molecule has 2 rings (SSSR count). The normalized spacial score (nSPS) is 26.4. The zero-order valence-corrected chi connectivity index (χ0v) is 11.9. The monoisotopic (exact) mass is 278 g/mol. The molecule has 1 atom stereocenters. The minimum Gasteiger partial charge on any atom is -0.379 e. The zero-order valence-electron chi connectivity index (χ0n) is 11.1. The Morgan fingerprint density at radius 2 is 2.11 bits per heavy atom. The molecule has 0 aromatic carbocycles. The molecule has 1 amide bonds. The largest absolute Gasteiger partial charge is 0.379 e. The van der Waals surface area contributed by atoms with Crippen molar-refractivity contribution in [3.05, 3.63) is 0 Å². The Kier molecular flexibility index (Phi) is 5.85. The van der Waals surface area contributed by atoms with E-state index in [9.17, 15) is 4.79 Å². The van der Waals surface area contributed by atoms with E-state index in [2.05, 4.69) is 5.32 Å². The summed E-state index contributed by atoms with van der Waals surface area (Å²) in [4.78, 5) is 14.4. The smallest absolute Gasteiger partial charge is 0.254 e. The van der Waals surface area contributed by atoms with Gasteiger partial charge in [0.2, 0.25) is 0 Å². The van der Waals surface area contributed by atoms with Gasteiger partial charge in [0.1, 0.15) is 5.60 Å². The first-order valence-electron chi connectivity index (χ1n) is 6.30. The summed E-state index contributed by atoms with van der Waals surface area (Å²) in [6.45, 7) is 3.09. The molecule has 0 aromatic rings. The number of halogens is 1. The fraction of sp³-hybridized carbons (Fsp3) is 0.917. The molecule has 0 bridgehead atoms. The predicted octanol–water partition coefficient (Wildman–Crippen LogP) is 0.424. The van der Waals surface area contributed by atoms with E-state index in [1.807, 2.05) is 11.9 Å². The second-order valence-corrected chi connectivity index (χ2v) is 4.88. The molecule has 5 nitrogen and oxygen atoms in total. The van der Waals surface area contributed by atoms with Crippen LogP contribution in [0.5, 0.6) is 0 Å². The molecule has 0 aliphatic carbocycles. The standard InChI is InChI=1S/C12H22N2O3.ClH/c1-14(10-3-8-17-9-10)11(15)12(16-2)4-6-13-7-5-12;/h10,13H,3-9H2,1-2H3;1H. The highest BCUT2D eigenvalue weighted by Gasteiger charge is 2.43. The molecule has 6 heteroatoms. The van der Waals surface area contributed by atoms with Gasteiger partial charge in [0.05, 0.1) is 12.6 Å². The second kappa shape index (κ2) is 6.70. The Morgan fingerprint density at radius 3 is 2.61 bits per heavy atom. The summed E-state index contributed by atoms with van der Waals surface area (Å²) in [5.74, 6) is 0.108. The van der Waals surface area contributed by atoms with E-state index < -0.39 is 5.60 Å². The molecule has 2 aliphatic rings. The molecule has 0 aromatic heterocycles. The fourth-order valence-electron chi connectivity index (χ4n) is 2.65. The fourth-order valence-corrected chi connectivity index (χ4v) is 2.65. The van der Waals surface area contributed by atoms with Gasteiger partial charge in [-0.25, -0.2) is 0 Å².